The van der Waals surface area contributed by atoms with E-state index in [0.717, 1.165) is 6.42 Å². The molecule has 0 aliphatic rings. The molecule has 0 radical (unpaired) electrons. The molecule has 0 fully saturated rings. The van der Waals surface area contributed by atoms with E-state index in [4.69, 9.17) is 5.73 Å². The summed E-state index contributed by atoms with van der Waals surface area (Å²) in [5, 5.41) is 15.8. The first-order chi connectivity index (χ1) is 7.95. The minimum absolute atomic E-state index is 0.0817. The van der Waals surface area contributed by atoms with Crippen molar-refractivity contribution in [1.82, 2.24) is 15.1 Å². The van der Waals surface area contributed by atoms with Crippen LogP contribution >= 0.6 is 0 Å². The van der Waals surface area contributed by atoms with Gasteiger partial charge in [0.2, 0.25) is 0 Å². The van der Waals surface area contributed by atoms with Crippen LogP contribution in [0.1, 0.15) is 30.8 Å². The van der Waals surface area contributed by atoms with Crippen molar-refractivity contribution >= 4 is 11.6 Å². The minimum atomic E-state index is -0.304. The highest BCUT2D eigenvalue weighted by Gasteiger charge is 2.19. The molecule has 1 heterocycles. The number of carbonyl (C=O) groups is 1. The number of nitrogens with two attached hydrogens (primary N) is 1. The molecule has 1 aromatic rings. The number of carbonyl (C=O) groups excluding carboxylic acids is 1. The molecule has 0 saturated carbocycles. The van der Waals surface area contributed by atoms with Crippen molar-refractivity contribution in [3.05, 3.63) is 11.9 Å². The van der Waals surface area contributed by atoms with Gasteiger partial charge in [0.15, 0.2) is 0 Å². The molecule has 0 aromatic carbocycles. The molecular formula is C11H20N4O2. The lowest BCUT2D eigenvalue weighted by Crippen LogP contribution is -2.39. The average Bonchev–Trinajstić information content (AvgIpc) is 2.56. The number of amides is 1. The van der Waals surface area contributed by atoms with E-state index < -0.39 is 0 Å². The second-order valence-electron chi connectivity index (χ2n) is 4.55. The van der Waals surface area contributed by atoms with Gasteiger partial charge in [0.25, 0.3) is 5.91 Å². The molecule has 0 aliphatic heterocycles. The Hall–Kier alpha value is -1.56. The third-order valence-electron chi connectivity index (χ3n) is 2.49. The van der Waals surface area contributed by atoms with Crippen molar-refractivity contribution in [3.63, 3.8) is 0 Å². The number of hydrogen-bond donors (Lipinski definition) is 3. The Morgan fingerprint density at radius 1 is 1.65 bits per heavy atom. The molecular weight excluding hydrogens is 220 g/mol. The number of aryl methyl sites for hydroxylation is 1. The number of anilines is 1. The van der Waals surface area contributed by atoms with E-state index in [1.807, 2.05) is 13.8 Å². The molecule has 0 spiro atoms. The maximum absolute atomic E-state index is 11.9. The van der Waals surface area contributed by atoms with Crippen molar-refractivity contribution in [2.75, 3.05) is 12.3 Å². The fourth-order valence-corrected chi connectivity index (χ4v) is 1.73. The van der Waals surface area contributed by atoms with E-state index in [2.05, 4.69) is 10.4 Å². The van der Waals surface area contributed by atoms with Gasteiger partial charge in [-0.3, -0.25) is 9.48 Å². The maximum Gasteiger partial charge on any atom is 0.271 e. The largest absolute Gasteiger partial charge is 0.396 e. The lowest BCUT2D eigenvalue weighted by Gasteiger charge is -2.18. The molecule has 17 heavy (non-hydrogen) atoms. The Morgan fingerprint density at radius 2 is 2.29 bits per heavy atom. The van der Waals surface area contributed by atoms with Gasteiger partial charge in [-0.1, -0.05) is 13.8 Å². The first kappa shape index (κ1) is 13.5. The quantitative estimate of drug-likeness (QED) is 0.682. The number of aromatic nitrogens is 2. The van der Waals surface area contributed by atoms with Gasteiger partial charge >= 0.3 is 0 Å². The van der Waals surface area contributed by atoms with Crippen molar-refractivity contribution in [1.29, 1.82) is 0 Å². The molecule has 1 rings (SSSR count). The lowest BCUT2D eigenvalue weighted by molar-refractivity contribution is 0.0899. The van der Waals surface area contributed by atoms with Crippen LogP contribution < -0.4 is 11.1 Å². The first-order valence-electron chi connectivity index (χ1n) is 5.64. The predicted molar refractivity (Wildman–Crippen MR) is 65.4 cm³/mol. The van der Waals surface area contributed by atoms with Crippen LogP contribution in [0.15, 0.2) is 6.20 Å². The number of nitrogens with zero attached hydrogens (tertiary/aromatic N) is 2. The van der Waals surface area contributed by atoms with Crippen molar-refractivity contribution in [2.24, 2.45) is 13.0 Å². The smallest absolute Gasteiger partial charge is 0.271 e. The van der Waals surface area contributed by atoms with E-state index in [9.17, 15) is 9.90 Å². The number of aliphatic hydroxyl groups is 1. The number of nitrogens with one attached hydrogen (secondary N) is 1. The van der Waals surface area contributed by atoms with E-state index in [1.165, 1.54) is 10.9 Å². The molecule has 4 N–H and O–H groups in total. The first-order valence-corrected chi connectivity index (χ1v) is 5.64. The van der Waals surface area contributed by atoms with Crippen molar-refractivity contribution in [2.45, 2.75) is 26.3 Å². The fraction of sp³-hybridized carbons (Fsp3) is 0.636. The summed E-state index contributed by atoms with van der Waals surface area (Å²) < 4.78 is 1.43. The SMILES string of the molecule is CC(C)CC(CO)NC(=O)c1c(N)cnn1C. The zero-order valence-electron chi connectivity index (χ0n) is 10.5. The van der Waals surface area contributed by atoms with Crippen LogP contribution in [0.25, 0.3) is 0 Å². The number of rotatable bonds is 5. The molecule has 1 atom stereocenters. The van der Waals surface area contributed by atoms with Crippen molar-refractivity contribution in [3.8, 4) is 0 Å². The van der Waals surface area contributed by atoms with E-state index in [1.54, 1.807) is 7.05 Å². The van der Waals surface area contributed by atoms with Crippen LogP contribution in [-0.4, -0.2) is 33.4 Å². The van der Waals surface area contributed by atoms with Gasteiger partial charge in [-0.2, -0.15) is 5.10 Å². The zero-order chi connectivity index (χ0) is 13.0. The van der Waals surface area contributed by atoms with Crippen molar-refractivity contribution < 1.29 is 9.90 Å². The Kier molecular flexibility index (Phi) is 4.51. The van der Waals surface area contributed by atoms with E-state index >= 15 is 0 Å². The zero-order valence-corrected chi connectivity index (χ0v) is 10.5. The number of nitrogen functional groups attached to an aromatic ring is 1. The van der Waals surface area contributed by atoms with E-state index in [0.29, 0.717) is 17.3 Å². The summed E-state index contributed by atoms with van der Waals surface area (Å²) >= 11 is 0. The Morgan fingerprint density at radius 3 is 2.71 bits per heavy atom. The molecule has 6 heteroatoms. The van der Waals surface area contributed by atoms with Gasteiger partial charge < -0.3 is 16.2 Å². The van der Waals surface area contributed by atoms with Gasteiger partial charge in [0.1, 0.15) is 5.69 Å². The normalized spacial score (nSPS) is 12.8. The molecule has 96 valence electrons. The topological polar surface area (TPSA) is 93.2 Å². The van der Waals surface area contributed by atoms with Crippen LogP contribution in [0.5, 0.6) is 0 Å². The van der Waals surface area contributed by atoms with Gasteiger partial charge in [-0.25, -0.2) is 0 Å². The van der Waals surface area contributed by atoms with Gasteiger partial charge in [-0.05, 0) is 12.3 Å². The Balaban J connectivity index is 2.71. The standard InChI is InChI=1S/C11H20N4O2/c1-7(2)4-8(6-16)14-11(17)10-9(12)5-13-15(10)3/h5,7-8,16H,4,6,12H2,1-3H3,(H,14,17). The van der Waals surface area contributed by atoms with E-state index in [-0.39, 0.29) is 18.6 Å². The third-order valence-corrected chi connectivity index (χ3v) is 2.49. The number of hydrogen-bond acceptors (Lipinski definition) is 4. The van der Waals surface area contributed by atoms with Crippen LogP contribution in [0.3, 0.4) is 0 Å². The third kappa shape index (κ3) is 3.45. The molecule has 1 amide bonds. The summed E-state index contributed by atoms with van der Waals surface area (Å²) in [6.07, 6.45) is 2.16. The fourth-order valence-electron chi connectivity index (χ4n) is 1.73. The monoisotopic (exact) mass is 240 g/mol. The van der Waals surface area contributed by atoms with Crippen LogP contribution in [-0.2, 0) is 7.05 Å². The molecule has 0 aliphatic carbocycles. The lowest BCUT2D eigenvalue weighted by atomic mass is 10.0. The highest BCUT2D eigenvalue weighted by molar-refractivity contribution is 5.97. The summed E-state index contributed by atoms with van der Waals surface area (Å²) in [6.45, 7) is 3.99. The molecule has 6 nitrogen and oxygen atoms in total. The summed E-state index contributed by atoms with van der Waals surface area (Å²) in [6, 6.07) is -0.253. The van der Waals surface area contributed by atoms with Crippen LogP contribution in [0, 0.1) is 5.92 Å². The summed E-state index contributed by atoms with van der Waals surface area (Å²) in [4.78, 5) is 11.9. The average molecular weight is 240 g/mol. The maximum atomic E-state index is 11.9. The molecule has 1 aromatic heterocycles. The second kappa shape index (κ2) is 5.67. The molecule has 0 saturated heterocycles. The van der Waals surface area contributed by atoms with Crippen LogP contribution in [0.4, 0.5) is 5.69 Å². The highest BCUT2D eigenvalue weighted by Crippen LogP contribution is 2.10. The summed E-state index contributed by atoms with van der Waals surface area (Å²) in [5.41, 5.74) is 6.32. The van der Waals surface area contributed by atoms with Gasteiger partial charge in [-0.15, -0.1) is 0 Å². The number of aliphatic hydroxyl groups excluding tert-OH is 1. The van der Waals surface area contributed by atoms with Gasteiger partial charge in [0.05, 0.1) is 24.5 Å². The summed E-state index contributed by atoms with van der Waals surface area (Å²) in [5.74, 6) is 0.0959. The minimum Gasteiger partial charge on any atom is -0.396 e. The second-order valence-corrected chi connectivity index (χ2v) is 4.55. The predicted octanol–water partition coefficient (Wildman–Crippen LogP) is 0.139. The Bertz CT molecular complexity index is 367. The highest BCUT2D eigenvalue weighted by atomic mass is 16.3. The summed E-state index contributed by atoms with van der Waals surface area (Å²) in [7, 11) is 1.65. The van der Waals surface area contributed by atoms with Crippen LogP contribution in [0.2, 0.25) is 0 Å². The van der Waals surface area contributed by atoms with Gasteiger partial charge in [0, 0.05) is 7.05 Å². The molecule has 1 unspecified atom stereocenters. The molecule has 0 bridgehead atoms. The Labute approximate surface area is 101 Å².